The summed E-state index contributed by atoms with van der Waals surface area (Å²) in [6.45, 7) is 0. The quantitative estimate of drug-likeness (QED) is 0.513. The molecule has 0 N–H and O–H groups in total. The van der Waals surface area contributed by atoms with Crippen molar-refractivity contribution in [1.29, 1.82) is 0 Å². The average molecular weight is 262 g/mol. The topological polar surface area (TPSA) is 25.3 Å². The van der Waals surface area contributed by atoms with E-state index in [1.807, 2.05) is 12.1 Å². The Balaban J connectivity index is 2.68. The SMILES string of the molecule is [N-]=[N+]1c2cc(Br)c(Br)cc21. The van der Waals surface area contributed by atoms with E-state index in [1.165, 1.54) is 0 Å². The first kappa shape index (κ1) is 6.49. The summed E-state index contributed by atoms with van der Waals surface area (Å²) in [6.07, 6.45) is 0. The maximum atomic E-state index is 8.99. The van der Waals surface area contributed by atoms with Crippen molar-refractivity contribution in [3.8, 4) is 0 Å². The van der Waals surface area contributed by atoms with Gasteiger partial charge in [-0.3, -0.25) is 0 Å². The van der Waals surface area contributed by atoms with E-state index in [4.69, 9.17) is 5.53 Å². The summed E-state index contributed by atoms with van der Waals surface area (Å²) in [5.74, 6) is 0. The average Bonchev–Trinajstić information content (AvgIpc) is 2.46. The summed E-state index contributed by atoms with van der Waals surface area (Å²) in [6, 6.07) is 3.72. The summed E-state index contributed by atoms with van der Waals surface area (Å²) < 4.78 is 3.07. The van der Waals surface area contributed by atoms with Gasteiger partial charge in [0.25, 0.3) is 11.4 Å². The second kappa shape index (κ2) is 1.89. The Labute approximate surface area is 74.6 Å². The summed E-state index contributed by atoms with van der Waals surface area (Å²) in [4.78, 5) is 0. The maximum absolute atomic E-state index is 8.99. The van der Waals surface area contributed by atoms with Gasteiger partial charge in [0.15, 0.2) is 0 Å². The Morgan fingerprint density at radius 1 is 1.10 bits per heavy atom. The molecule has 0 spiro atoms. The van der Waals surface area contributed by atoms with E-state index in [0.717, 1.165) is 25.0 Å². The summed E-state index contributed by atoms with van der Waals surface area (Å²) in [5.41, 5.74) is 10.7. The van der Waals surface area contributed by atoms with Gasteiger partial charge in [-0.2, -0.15) is 0 Å². The van der Waals surface area contributed by atoms with Gasteiger partial charge in [0, 0.05) is 21.1 Å². The molecule has 0 bridgehead atoms. The van der Waals surface area contributed by atoms with E-state index in [9.17, 15) is 0 Å². The Bertz CT molecular complexity index is 302. The van der Waals surface area contributed by atoms with Crippen LogP contribution in [0.1, 0.15) is 0 Å². The van der Waals surface area contributed by atoms with Crippen LogP contribution in [0.25, 0.3) is 5.53 Å². The number of nitrogens with zero attached hydrogens (tertiary/aromatic N) is 2. The van der Waals surface area contributed by atoms with Crippen molar-refractivity contribution in [2.24, 2.45) is 0 Å². The van der Waals surface area contributed by atoms with Crippen LogP contribution in [-0.2, 0) is 0 Å². The molecular formula is C6H2Br2N2. The van der Waals surface area contributed by atoms with Crippen LogP contribution < -0.4 is 4.70 Å². The van der Waals surface area contributed by atoms with Crippen molar-refractivity contribution in [3.63, 3.8) is 0 Å². The maximum Gasteiger partial charge on any atom is 0.273 e. The third-order valence-corrected chi connectivity index (χ3v) is 3.27. The Morgan fingerprint density at radius 2 is 1.50 bits per heavy atom. The molecule has 0 unspecified atom stereocenters. The van der Waals surface area contributed by atoms with Gasteiger partial charge in [0.05, 0.1) is 0 Å². The second-order valence-corrected chi connectivity index (χ2v) is 3.78. The van der Waals surface area contributed by atoms with Crippen molar-refractivity contribution < 1.29 is 0 Å². The van der Waals surface area contributed by atoms with E-state index >= 15 is 0 Å². The smallest absolute Gasteiger partial charge is 0.273 e. The van der Waals surface area contributed by atoms with E-state index in [-0.39, 0.29) is 0 Å². The highest BCUT2D eigenvalue weighted by molar-refractivity contribution is 9.13. The summed E-state index contributed by atoms with van der Waals surface area (Å²) in [7, 11) is 0. The fourth-order valence-electron chi connectivity index (χ4n) is 0.830. The lowest BCUT2D eigenvalue weighted by atomic mass is 10.4. The number of fused-ring (bicyclic) bond motifs is 1. The molecule has 10 heavy (non-hydrogen) atoms. The van der Waals surface area contributed by atoms with E-state index < -0.39 is 0 Å². The van der Waals surface area contributed by atoms with Crippen LogP contribution in [-0.4, -0.2) is 0 Å². The van der Waals surface area contributed by atoms with Gasteiger partial charge >= 0.3 is 0 Å². The van der Waals surface area contributed by atoms with Crippen LogP contribution in [0.15, 0.2) is 21.1 Å². The Kier molecular flexibility index (Phi) is 1.22. The predicted octanol–water partition coefficient (Wildman–Crippen LogP) is 3.38. The highest BCUT2D eigenvalue weighted by Gasteiger charge is 2.33. The molecule has 1 aromatic carbocycles. The molecule has 50 valence electrons. The number of hydrogen-bond acceptors (Lipinski definition) is 0. The Morgan fingerprint density at radius 3 is 1.90 bits per heavy atom. The number of halogens is 2. The lowest BCUT2D eigenvalue weighted by Crippen LogP contribution is -1.58. The molecule has 1 aliphatic rings. The first-order valence-corrected chi connectivity index (χ1v) is 4.27. The van der Waals surface area contributed by atoms with E-state index in [0.29, 0.717) is 0 Å². The molecule has 2 rings (SSSR count). The minimum absolute atomic E-state index is 0.870. The third kappa shape index (κ3) is 0.754. The number of hydrogen-bond donors (Lipinski definition) is 0. The van der Waals surface area contributed by atoms with Gasteiger partial charge in [0.2, 0.25) is 0 Å². The van der Waals surface area contributed by atoms with Crippen molar-refractivity contribution in [1.82, 2.24) is 4.70 Å². The zero-order valence-corrected chi connectivity index (χ0v) is 7.98. The van der Waals surface area contributed by atoms with Crippen LogP contribution in [0.5, 0.6) is 0 Å². The van der Waals surface area contributed by atoms with Crippen molar-refractivity contribution in [3.05, 3.63) is 26.6 Å². The lowest BCUT2D eigenvalue weighted by molar-refractivity contribution is 1.28. The monoisotopic (exact) mass is 260 g/mol. The van der Waals surface area contributed by atoms with Gasteiger partial charge in [-0.1, -0.05) is 0 Å². The van der Waals surface area contributed by atoms with Crippen molar-refractivity contribution >= 4 is 43.2 Å². The van der Waals surface area contributed by atoms with Gasteiger partial charge in [-0.15, -0.1) is 0 Å². The van der Waals surface area contributed by atoms with Crippen LogP contribution in [0, 0.1) is 0 Å². The molecule has 4 heteroatoms. The van der Waals surface area contributed by atoms with E-state index in [2.05, 4.69) is 31.9 Å². The standard InChI is InChI=1S/C6H2Br2N2/c7-3-1-5-6(10(5)9)2-4(3)8/h1-2H. The fraction of sp³-hybridized carbons (Fsp3) is 0. The molecule has 0 saturated heterocycles. The van der Waals surface area contributed by atoms with Gasteiger partial charge in [-0.05, 0) is 31.9 Å². The van der Waals surface area contributed by atoms with Crippen molar-refractivity contribution in [2.75, 3.05) is 0 Å². The fourth-order valence-corrected chi connectivity index (χ4v) is 1.49. The Hall–Kier alpha value is -0.220. The number of benzene rings is 1. The third-order valence-electron chi connectivity index (χ3n) is 1.42. The highest BCUT2D eigenvalue weighted by Crippen LogP contribution is 2.47. The largest absolute Gasteiger partial charge is 0.493 e. The summed E-state index contributed by atoms with van der Waals surface area (Å²) >= 11 is 6.64. The normalized spacial score (nSPS) is 13.2. The molecule has 2 nitrogen and oxygen atoms in total. The van der Waals surface area contributed by atoms with Crippen LogP contribution in [0.2, 0.25) is 0 Å². The predicted molar refractivity (Wildman–Crippen MR) is 46.7 cm³/mol. The lowest BCUT2D eigenvalue weighted by Gasteiger charge is -1.83. The molecule has 0 atom stereocenters. The molecule has 0 aliphatic carbocycles. The molecule has 0 saturated carbocycles. The second-order valence-electron chi connectivity index (χ2n) is 2.07. The molecule has 0 radical (unpaired) electrons. The molecular weight excluding hydrogens is 260 g/mol. The van der Waals surface area contributed by atoms with Crippen LogP contribution in [0.3, 0.4) is 0 Å². The van der Waals surface area contributed by atoms with E-state index in [1.54, 1.807) is 0 Å². The molecule has 1 heterocycles. The molecule has 0 fully saturated rings. The zero-order valence-electron chi connectivity index (χ0n) is 4.81. The molecule has 1 aliphatic heterocycles. The minimum Gasteiger partial charge on any atom is -0.493 e. The number of rotatable bonds is 0. The molecule has 1 aromatic rings. The van der Waals surface area contributed by atoms with Crippen LogP contribution in [0.4, 0.5) is 11.4 Å². The van der Waals surface area contributed by atoms with Gasteiger partial charge < -0.3 is 5.53 Å². The first-order chi connectivity index (χ1) is 4.70. The van der Waals surface area contributed by atoms with Crippen LogP contribution >= 0.6 is 31.9 Å². The summed E-state index contributed by atoms with van der Waals surface area (Å²) in [5, 5.41) is 0. The van der Waals surface area contributed by atoms with Gasteiger partial charge in [0.1, 0.15) is 0 Å². The van der Waals surface area contributed by atoms with Gasteiger partial charge in [-0.25, -0.2) is 4.70 Å². The first-order valence-electron chi connectivity index (χ1n) is 2.68. The zero-order chi connectivity index (χ0) is 7.30. The van der Waals surface area contributed by atoms with Crippen molar-refractivity contribution in [2.45, 2.75) is 0 Å². The molecule has 0 aromatic heterocycles. The molecule has 0 amide bonds. The minimum atomic E-state index is 0.870. The highest BCUT2D eigenvalue weighted by atomic mass is 79.9.